The van der Waals surface area contributed by atoms with Crippen LogP contribution in [0.15, 0.2) is 42.5 Å². The summed E-state index contributed by atoms with van der Waals surface area (Å²) in [4.78, 5) is 34.4. The predicted octanol–water partition coefficient (Wildman–Crippen LogP) is 3.54. The minimum Gasteiger partial charge on any atom is -0.506 e. The smallest absolute Gasteiger partial charge is 0.271 e. The second kappa shape index (κ2) is 7.22. The number of phenols is 1. The zero-order valence-corrected chi connectivity index (χ0v) is 14.6. The number of amides is 2. The van der Waals surface area contributed by atoms with Gasteiger partial charge in [-0.3, -0.25) is 19.7 Å². The highest BCUT2D eigenvalue weighted by atomic mass is 16.6. The van der Waals surface area contributed by atoms with E-state index in [2.05, 4.69) is 10.6 Å². The molecular weight excluding hydrogens is 338 g/mol. The SMILES string of the molecule is CC(C)(C)C(=O)Nc1ccc(C(=O)Nc2cc([N+](=O)[O-])ccc2O)cc1. The number of nitrogens with zero attached hydrogens (tertiary/aromatic N) is 1. The van der Waals surface area contributed by atoms with Crippen molar-refractivity contribution in [3.05, 3.63) is 58.1 Å². The van der Waals surface area contributed by atoms with Gasteiger partial charge in [0.2, 0.25) is 5.91 Å². The van der Waals surface area contributed by atoms with E-state index in [1.807, 2.05) is 0 Å². The Morgan fingerprint density at radius 2 is 1.65 bits per heavy atom. The molecule has 2 aromatic carbocycles. The summed E-state index contributed by atoms with van der Waals surface area (Å²) in [7, 11) is 0. The molecule has 0 saturated carbocycles. The number of rotatable bonds is 4. The number of aromatic hydroxyl groups is 1. The van der Waals surface area contributed by atoms with Gasteiger partial charge in [0.1, 0.15) is 5.75 Å². The number of nitro benzene ring substituents is 1. The van der Waals surface area contributed by atoms with Crippen LogP contribution in [0.3, 0.4) is 0 Å². The number of benzene rings is 2. The fourth-order valence-corrected chi connectivity index (χ4v) is 1.96. The molecule has 26 heavy (non-hydrogen) atoms. The van der Waals surface area contributed by atoms with Crippen molar-refractivity contribution in [2.75, 3.05) is 10.6 Å². The molecule has 2 rings (SSSR count). The van der Waals surface area contributed by atoms with E-state index in [0.29, 0.717) is 5.69 Å². The lowest BCUT2D eigenvalue weighted by Gasteiger charge is -2.17. The van der Waals surface area contributed by atoms with Crippen molar-refractivity contribution >= 4 is 28.9 Å². The number of nitrogens with one attached hydrogen (secondary N) is 2. The zero-order valence-electron chi connectivity index (χ0n) is 14.6. The monoisotopic (exact) mass is 357 g/mol. The maximum atomic E-state index is 12.3. The average molecular weight is 357 g/mol. The number of carbonyl (C=O) groups is 2. The van der Waals surface area contributed by atoms with E-state index in [0.717, 1.165) is 18.2 Å². The molecule has 0 spiro atoms. The van der Waals surface area contributed by atoms with Gasteiger partial charge >= 0.3 is 0 Å². The van der Waals surface area contributed by atoms with E-state index < -0.39 is 16.2 Å². The molecule has 0 unspecified atom stereocenters. The quantitative estimate of drug-likeness (QED) is 0.439. The van der Waals surface area contributed by atoms with E-state index in [1.165, 1.54) is 12.1 Å². The van der Waals surface area contributed by atoms with Crippen LogP contribution < -0.4 is 10.6 Å². The molecule has 0 atom stereocenters. The molecule has 3 N–H and O–H groups in total. The van der Waals surface area contributed by atoms with Crippen LogP contribution in [0.5, 0.6) is 5.75 Å². The van der Waals surface area contributed by atoms with Crippen LogP contribution in [-0.2, 0) is 4.79 Å². The van der Waals surface area contributed by atoms with Crippen LogP contribution in [0.4, 0.5) is 17.1 Å². The van der Waals surface area contributed by atoms with Crippen LogP contribution in [0, 0.1) is 15.5 Å². The summed E-state index contributed by atoms with van der Waals surface area (Å²) in [5.41, 5.74) is -0.0488. The van der Waals surface area contributed by atoms with Crippen molar-refractivity contribution in [1.82, 2.24) is 0 Å². The zero-order chi connectivity index (χ0) is 19.5. The first-order chi connectivity index (χ1) is 12.1. The summed E-state index contributed by atoms with van der Waals surface area (Å²) in [6.45, 7) is 5.36. The van der Waals surface area contributed by atoms with Gasteiger partial charge in [0.05, 0.1) is 10.6 Å². The van der Waals surface area contributed by atoms with Gasteiger partial charge in [-0.15, -0.1) is 0 Å². The van der Waals surface area contributed by atoms with Gasteiger partial charge < -0.3 is 15.7 Å². The molecule has 0 fully saturated rings. The standard InChI is InChI=1S/C18H19N3O5/c1-18(2,3)17(24)19-12-6-4-11(5-7-12)16(23)20-14-10-13(21(25)26)8-9-15(14)22/h4-10,22H,1-3H3,(H,19,24)(H,20,23). The molecule has 136 valence electrons. The Balaban J connectivity index is 2.12. The van der Waals surface area contributed by atoms with Gasteiger partial charge in [0.15, 0.2) is 0 Å². The Hall–Kier alpha value is -3.42. The van der Waals surface area contributed by atoms with E-state index in [-0.39, 0.29) is 28.6 Å². The lowest BCUT2D eigenvalue weighted by atomic mass is 9.95. The highest BCUT2D eigenvalue weighted by molar-refractivity contribution is 6.05. The Labute approximate surface area is 150 Å². The molecule has 0 saturated heterocycles. The largest absolute Gasteiger partial charge is 0.506 e. The van der Waals surface area contributed by atoms with Gasteiger partial charge in [-0.2, -0.15) is 0 Å². The predicted molar refractivity (Wildman–Crippen MR) is 97.2 cm³/mol. The lowest BCUT2D eigenvalue weighted by Crippen LogP contribution is -2.27. The molecular formula is C18H19N3O5. The summed E-state index contributed by atoms with van der Waals surface area (Å²) in [6.07, 6.45) is 0. The second-order valence-corrected chi connectivity index (χ2v) is 6.69. The average Bonchev–Trinajstić information content (AvgIpc) is 2.56. The maximum Gasteiger partial charge on any atom is 0.271 e. The van der Waals surface area contributed by atoms with Gasteiger partial charge in [-0.25, -0.2) is 0 Å². The number of hydrogen-bond donors (Lipinski definition) is 3. The lowest BCUT2D eigenvalue weighted by molar-refractivity contribution is -0.384. The molecule has 0 heterocycles. The minimum atomic E-state index is -0.623. The molecule has 0 aromatic heterocycles. The first kappa shape index (κ1) is 18.9. The van der Waals surface area contributed by atoms with Crippen LogP contribution >= 0.6 is 0 Å². The number of phenolic OH excluding ortho intramolecular Hbond substituents is 1. The summed E-state index contributed by atoms with van der Waals surface area (Å²) in [6, 6.07) is 9.50. The van der Waals surface area contributed by atoms with Gasteiger partial charge in [0.25, 0.3) is 11.6 Å². The third-order valence-electron chi connectivity index (χ3n) is 3.53. The van der Waals surface area contributed by atoms with Crippen molar-refractivity contribution in [3.63, 3.8) is 0 Å². The third kappa shape index (κ3) is 4.56. The Morgan fingerprint density at radius 3 is 2.19 bits per heavy atom. The molecule has 2 aromatic rings. The minimum absolute atomic E-state index is 0.0608. The number of anilines is 2. The molecule has 0 radical (unpaired) electrons. The van der Waals surface area contributed by atoms with Crippen molar-refractivity contribution in [1.29, 1.82) is 0 Å². The number of nitro groups is 1. The summed E-state index contributed by atoms with van der Waals surface area (Å²) in [5, 5.41) is 25.7. The summed E-state index contributed by atoms with van der Waals surface area (Å²) < 4.78 is 0. The van der Waals surface area contributed by atoms with Crippen molar-refractivity contribution < 1.29 is 19.6 Å². The van der Waals surface area contributed by atoms with E-state index in [4.69, 9.17) is 0 Å². The molecule has 8 nitrogen and oxygen atoms in total. The van der Waals surface area contributed by atoms with Crippen LogP contribution in [0.25, 0.3) is 0 Å². The Morgan fingerprint density at radius 1 is 1.04 bits per heavy atom. The topological polar surface area (TPSA) is 122 Å². The Kier molecular flexibility index (Phi) is 5.25. The fourth-order valence-electron chi connectivity index (χ4n) is 1.96. The van der Waals surface area contributed by atoms with E-state index in [1.54, 1.807) is 32.9 Å². The first-order valence-electron chi connectivity index (χ1n) is 7.78. The summed E-state index contributed by atoms with van der Waals surface area (Å²) >= 11 is 0. The highest BCUT2D eigenvalue weighted by Crippen LogP contribution is 2.28. The molecule has 0 aliphatic rings. The second-order valence-electron chi connectivity index (χ2n) is 6.69. The molecule has 0 bridgehead atoms. The van der Waals surface area contributed by atoms with Crippen LogP contribution in [-0.4, -0.2) is 21.8 Å². The fraction of sp³-hybridized carbons (Fsp3) is 0.222. The van der Waals surface area contributed by atoms with E-state index in [9.17, 15) is 24.8 Å². The molecule has 2 amide bonds. The van der Waals surface area contributed by atoms with Crippen LogP contribution in [0.2, 0.25) is 0 Å². The maximum absolute atomic E-state index is 12.3. The molecule has 0 aliphatic carbocycles. The number of hydrogen-bond acceptors (Lipinski definition) is 5. The van der Waals surface area contributed by atoms with Crippen molar-refractivity contribution in [2.45, 2.75) is 20.8 Å². The molecule has 0 aliphatic heterocycles. The van der Waals surface area contributed by atoms with Gasteiger partial charge in [0, 0.05) is 28.8 Å². The first-order valence-corrected chi connectivity index (χ1v) is 7.78. The Bertz CT molecular complexity index is 854. The van der Waals surface area contributed by atoms with Crippen molar-refractivity contribution in [3.8, 4) is 5.75 Å². The normalized spacial score (nSPS) is 10.9. The highest BCUT2D eigenvalue weighted by Gasteiger charge is 2.21. The summed E-state index contributed by atoms with van der Waals surface area (Å²) in [5.74, 6) is -0.983. The van der Waals surface area contributed by atoms with E-state index >= 15 is 0 Å². The number of carbonyl (C=O) groups excluding carboxylic acids is 2. The van der Waals surface area contributed by atoms with Gasteiger partial charge in [-0.05, 0) is 30.3 Å². The number of non-ortho nitro benzene ring substituents is 1. The van der Waals surface area contributed by atoms with Gasteiger partial charge in [-0.1, -0.05) is 20.8 Å². The molecule has 8 heteroatoms. The van der Waals surface area contributed by atoms with Crippen LogP contribution in [0.1, 0.15) is 31.1 Å². The third-order valence-corrected chi connectivity index (χ3v) is 3.53. The van der Waals surface area contributed by atoms with Crippen molar-refractivity contribution in [2.24, 2.45) is 5.41 Å².